The molecule has 6 heteroatoms. The number of carbonyl (C=O) groups excluding carboxylic acids is 1. The van der Waals surface area contributed by atoms with E-state index in [1.807, 2.05) is 55.5 Å². The van der Waals surface area contributed by atoms with Crippen molar-refractivity contribution in [3.8, 4) is 0 Å². The first kappa shape index (κ1) is 15.2. The largest absolute Gasteiger partial charge is 0.347 e. The first-order chi connectivity index (χ1) is 11.2. The van der Waals surface area contributed by atoms with Crippen molar-refractivity contribution in [1.29, 1.82) is 0 Å². The number of aromatic nitrogens is 2. The minimum Gasteiger partial charge on any atom is -0.347 e. The lowest BCUT2D eigenvalue weighted by molar-refractivity contribution is 0.0946. The van der Waals surface area contributed by atoms with E-state index in [1.54, 1.807) is 5.38 Å². The number of hydrogen-bond acceptors (Lipinski definition) is 5. The molecule has 0 bridgehead atoms. The Morgan fingerprint density at radius 2 is 1.91 bits per heavy atom. The topological polar surface area (TPSA) is 66.9 Å². The van der Waals surface area contributed by atoms with Crippen molar-refractivity contribution in [3.63, 3.8) is 0 Å². The van der Waals surface area contributed by atoms with Gasteiger partial charge in [0.25, 0.3) is 5.91 Å². The van der Waals surface area contributed by atoms with E-state index in [9.17, 15) is 4.79 Å². The average Bonchev–Trinajstić information content (AvgIpc) is 3.02. The molecule has 0 atom stereocenters. The van der Waals surface area contributed by atoms with Crippen molar-refractivity contribution < 1.29 is 4.79 Å². The highest BCUT2D eigenvalue weighted by molar-refractivity contribution is 7.14. The molecular formula is C17H16N4OS. The summed E-state index contributed by atoms with van der Waals surface area (Å²) in [5.41, 5.74) is 2.38. The first-order valence-electron chi connectivity index (χ1n) is 7.19. The van der Waals surface area contributed by atoms with Crippen LogP contribution in [0.15, 0.2) is 53.9 Å². The normalized spacial score (nSPS) is 10.3. The van der Waals surface area contributed by atoms with Gasteiger partial charge in [-0.15, -0.1) is 11.3 Å². The van der Waals surface area contributed by atoms with Crippen molar-refractivity contribution in [1.82, 2.24) is 15.3 Å². The smallest absolute Gasteiger partial charge is 0.271 e. The molecule has 0 fully saturated rings. The lowest BCUT2D eigenvalue weighted by Gasteiger charge is -2.03. The summed E-state index contributed by atoms with van der Waals surface area (Å²) in [6.07, 6.45) is 0. The van der Waals surface area contributed by atoms with Crippen LogP contribution >= 0.6 is 11.3 Å². The van der Waals surface area contributed by atoms with Gasteiger partial charge in [0.05, 0.1) is 0 Å². The molecule has 0 aliphatic carbocycles. The summed E-state index contributed by atoms with van der Waals surface area (Å²) in [6.45, 7) is 2.41. The van der Waals surface area contributed by atoms with Gasteiger partial charge in [-0.3, -0.25) is 4.79 Å². The van der Waals surface area contributed by atoms with Gasteiger partial charge < -0.3 is 10.6 Å². The maximum absolute atomic E-state index is 12.1. The third-order valence-corrected chi connectivity index (χ3v) is 3.91. The van der Waals surface area contributed by atoms with Crippen molar-refractivity contribution >= 4 is 28.2 Å². The van der Waals surface area contributed by atoms with Crippen LogP contribution in [0.3, 0.4) is 0 Å². The Morgan fingerprint density at radius 3 is 2.70 bits per heavy atom. The molecule has 3 rings (SSSR count). The zero-order valence-electron chi connectivity index (χ0n) is 12.6. The molecule has 0 saturated carbocycles. The summed E-state index contributed by atoms with van der Waals surface area (Å²) in [7, 11) is 0. The molecule has 3 aromatic rings. The molecule has 0 spiro atoms. The second-order valence-electron chi connectivity index (χ2n) is 5.00. The molecule has 2 aromatic heterocycles. The van der Waals surface area contributed by atoms with E-state index in [0.29, 0.717) is 17.4 Å². The van der Waals surface area contributed by atoms with Gasteiger partial charge in [-0.05, 0) is 24.6 Å². The maximum atomic E-state index is 12.1. The minimum absolute atomic E-state index is 0.185. The number of pyridine rings is 1. The number of benzene rings is 1. The number of nitrogens with zero attached hydrogens (tertiary/aromatic N) is 2. The zero-order valence-corrected chi connectivity index (χ0v) is 13.4. The molecule has 0 aliphatic rings. The molecule has 0 aliphatic heterocycles. The van der Waals surface area contributed by atoms with Crippen LogP contribution < -0.4 is 10.6 Å². The van der Waals surface area contributed by atoms with E-state index in [-0.39, 0.29) is 5.91 Å². The summed E-state index contributed by atoms with van der Waals surface area (Å²) in [5.74, 6) is 0.533. The summed E-state index contributed by atoms with van der Waals surface area (Å²) in [4.78, 5) is 20.8. The van der Waals surface area contributed by atoms with Crippen LogP contribution in [0.25, 0.3) is 0 Å². The summed E-state index contributed by atoms with van der Waals surface area (Å²) in [5, 5.41) is 8.35. The monoisotopic (exact) mass is 324 g/mol. The van der Waals surface area contributed by atoms with Crippen LogP contribution in [-0.2, 0) is 6.54 Å². The molecule has 0 unspecified atom stereocenters. The molecular weight excluding hydrogens is 308 g/mol. The number of aryl methyl sites for hydroxylation is 1. The first-order valence-corrected chi connectivity index (χ1v) is 8.07. The number of carbonyl (C=O) groups is 1. The highest BCUT2D eigenvalue weighted by atomic mass is 32.1. The van der Waals surface area contributed by atoms with Gasteiger partial charge in [0, 0.05) is 17.6 Å². The Labute approximate surface area is 138 Å². The minimum atomic E-state index is -0.185. The van der Waals surface area contributed by atoms with Crippen LogP contribution in [0.2, 0.25) is 0 Å². The fourth-order valence-corrected chi connectivity index (χ4v) is 2.72. The second kappa shape index (κ2) is 7.02. The van der Waals surface area contributed by atoms with Gasteiger partial charge in [-0.25, -0.2) is 9.97 Å². The fourth-order valence-electron chi connectivity index (χ4n) is 2.03. The highest BCUT2D eigenvalue weighted by Crippen LogP contribution is 2.19. The zero-order chi connectivity index (χ0) is 16.1. The third-order valence-electron chi connectivity index (χ3n) is 3.16. The van der Waals surface area contributed by atoms with Crippen LogP contribution in [-0.4, -0.2) is 15.9 Å². The molecule has 2 heterocycles. The number of rotatable bonds is 5. The second-order valence-corrected chi connectivity index (χ2v) is 5.85. The van der Waals surface area contributed by atoms with Gasteiger partial charge in [-0.1, -0.05) is 36.4 Å². The molecule has 5 nitrogen and oxygen atoms in total. The van der Waals surface area contributed by atoms with Crippen molar-refractivity contribution in [2.45, 2.75) is 13.5 Å². The average molecular weight is 324 g/mol. The van der Waals surface area contributed by atoms with E-state index in [4.69, 9.17) is 0 Å². The fraction of sp³-hybridized carbons (Fsp3) is 0.118. The lowest BCUT2D eigenvalue weighted by atomic mass is 10.2. The molecule has 1 amide bonds. The Morgan fingerprint density at radius 1 is 1.09 bits per heavy atom. The summed E-state index contributed by atoms with van der Waals surface area (Å²) in [6, 6.07) is 15.5. The predicted octanol–water partition coefficient (Wildman–Crippen LogP) is 3.52. The van der Waals surface area contributed by atoms with Crippen LogP contribution in [0.5, 0.6) is 0 Å². The number of anilines is 2. The van der Waals surface area contributed by atoms with E-state index >= 15 is 0 Å². The van der Waals surface area contributed by atoms with Gasteiger partial charge >= 0.3 is 0 Å². The number of nitrogens with one attached hydrogen (secondary N) is 2. The quantitative estimate of drug-likeness (QED) is 0.753. The van der Waals surface area contributed by atoms with Crippen LogP contribution in [0.4, 0.5) is 10.9 Å². The van der Waals surface area contributed by atoms with Crippen molar-refractivity contribution in [2.24, 2.45) is 0 Å². The van der Waals surface area contributed by atoms with E-state index < -0.39 is 0 Å². The maximum Gasteiger partial charge on any atom is 0.271 e. The Hall–Kier alpha value is -2.73. The predicted molar refractivity (Wildman–Crippen MR) is 92.0 cm³/mol. The molecule has 23 heavy (non-hydrogen) atoms. The third kappa shape index (κ3) is 4.14. The lowest BCUT2D eigenvalue weighted by Crippen LogP contribution is -2.23. The Kier molecular flexibility index (Phi) is 4.63. The van der Waals surface area contributed by atoms with Crippen LogP contribution in [0.1, 0.15) is 21.7 Å². The summed E-state index contributed by atoms with van der Waals surface area (Å²) < 4.78 is 0. The van der Waals surface area contributed by atoms with Gasteiger partial charge in [0.2, 0.25) is 0 Å². The highest BCUT2D eigenvalue weighted by Gasteiger charge is 2.10. The van der Waals surface area contributed by atoms with Gasteiger partial charge in [-0.2, -0.15) is 0 Å². The Bertz CT molecular complexity index is 801. The molecule has 2 N–H and O–H groups in total. The van der Waals surface area contributed by atoms with Gasteiger partial charge in [0.1, 0.15) is 11.5 Å². The SMILES string of the molecule is Cc1cccc(Nc2nc(C(=O)NCc3ccccc3)cs2)n1. The van der Waals surface area contributed by atoms with Crippen molar-refractivity contribution in [3.05, 3.63) is 70.9 Å². The molecule has 0 saturated heterocycles. The van der Waals surface area contributed by atoms with Gasteiger partial charge in [0.15, 0.2) is 5.13 Å². The Balaban J connectivity index is 1.61. The standard InChI is InChI=1S/C17H16N4OS/c1-12-6-5-9-15(19-12)21-17-20-14(11-23-17)16(22)18-10-13-7-3-2-4-8-13/h2-9,11H,10H2,1H3,(H,18,22)(H,19,20,21). The van der Waals surface area contributed by atoms with Crippen LogP contribution in [0, 0.1) is 6.92 Å². The number of hydrogen-bond donors (Lipinski definition) is 2. The molecule has 1 aromatic carbocycles. The van der Waals surface area contributed by atoms with E-state index in [1.165, 1.54) is 11.3 Å². The number of amides is 1. The van der Waals surface area contributed by atoms with E-state index in [0.717, 1.165) is 17.1 Å². The summed E-state index contributed by atoms with van der Waals surface area (Å²) >= 11 is 1.38. The van der Waals surface area contributed by atoms with Crippen molar-refractivity contribution in [2.75, 3.05) is 5.32 Å². The molecule has 116 valence electrons. The molecule has 0 radical (unpaired) electrons. The van der Waals surface area contributed by atoms with E-state index in [2.05, 4.69) is 20.6 Å². The number of thiazole rings is 1.